The van der Waals surface area contributed by atoms with Crippen LogP contribution in [0.15, 0.2) is 42.5 Å². The van der Waals surface area contributed by atoms with Crippen molar-refractivity contribution in [2.45, 2.75) is 25.9 Å². The zero-order valence-corrected chi connectivity index (χ0v) is 12.5. The lowest BCUT2D eigenvalue weighted by Crippen LogP contribution is -2.02. The Morgan fingerprint density at radius 1 is 1.20 bits per heavy atom. The monoisotopic (exact) mass is 290 g/mol. The summed E-state index contributed by atoms with van der Waals surface area (Å²) in [7, 11) is 1.60. The van der Waals surface area contributed by atoms with E-state index in [9.17, 15) is 5.11 Å². The van der Waals surface area contributed by atoms with Crippen LogP contribution in [0, 0.1) is 6.92 Å². The molecule has 3 heteroatoms. The summed E-state index contributed by atoms with van der Waals surface area (Å²) >= 11 is 5.99. The first kappa shape index (κ1) is 14.9. The van der Waals surface area contributed by atoms with Crippen LogP contribution in [-0.4, -0.2) is 12.2 Å². The molecule has 0 saturated heterocycles. The van der Waals surface area contributed by atoms with Gasteiger partial charge >= 0.3 is 0 Å². The van der Waals surface area contributed by atoms with E-state index in [1.807, 2.05) is 6.07 Å². The summed E-state index contributed by atoms with van der Waals surface area (Å²) in [4.78, 5) is 0. The molecule has 0 spiro atoms. The Kier molecular flexibility index (Phi) is 5.05. The van der Waals surface area contributed by atoms with E-state index in [2.05, 4.69) is 25.1 Å². The molecular weight excluding hydrogens is 272 g/mol. The van der Waals surface area contributed by atoms with Crippen LogP contribution in [0.2, 0.25) is 5.02 Å². The van der Waals surface area contributed by atoms with E-state index in [-0.39, 0.29) is 0 Å². The van der Waals surface area contributed by atoms with E-state index in [1.54, 1.807) is 25.3 Å². The average Bonchev–Trinajstić information content (AvgIpc) is 2.45. The molecule has 0 heterocycles. The van der Waals surface area contributed by atoms with E-state index in [0.29, 0.717) is 17.2 Å². The van der Waals surface area contributed by atoms with Gasteiger partial charge in [-0.15, -0.1) is 0 Å². The van der Waals surface area contributed by atoms with E-state index in [1.165, 1.54) is 11.1 Å². The minimum Gasteiger partial charge on any atom is -0.496 e. The highest BCUT2D eigenvalue weighted by Crippen LogP contribution is 2.30. The molecule has 0 aliphatic carbocycles. The van der Waals surface area contributed by atoms with Crippen LogP contribution >= 0.6 is 11.6 Å². The summed E-state index contributed by atoms with van der Waals surface area (Å²) in [6.45, 7) is 2.07. The van der Waals surface area contributed by atoms with Gasteiger partial charge in [0.2, 0.25) is 0 Å². The summed E-state index contributed by atoms with van der Waals surface area (Å²) in [5.74, 6) is 0.672. The summed E-state index contributed by atoms with van der Waals surface area (Å²) in [5.41, 5.74) is 3.20. The van der Waals surface area contributed by atoms with Crippen molar-refractivity contribution in [2.24, 2.45) is 0 Å². The van der Waals surface area contributed by atoms with E-state index in [4.69, 9.17) is 16.3 Å². The Morgan fingerprint density at radius 2 is 2.00 bits per heavy atom. The zero-order valence-electron chi connectivity index (χ0n) is 11.8. The topological polar surface area (TPSA) is 29.5 Å². The maximum atomic E-state index is 10.3. The first-order chi connectivity index (χ1) is 9.60. The molecule has 20 heavy (non-hydrogen) atoms. The van der Waals surface area contributed by atoms with Crippen molar-refractivity contribution in [3.63, 3.8) is 0 Å². The number of rotatable bonds is 5. The second kappa shape index (κ2) is 6.78. The van der Waals surface area contributed by atoms with E-state index >= 15 is 0 Å². The fraction of sp³-hybridized carbons (Fsp3) is 0.294. The van der Waals surface area contributed by atoms with Gasteiger partial charge in [-0.2, -0.15) is 0 Å². The summed E-state index contributed by atoms with van der Waals surface area (Å²) in [6.07, 6.45) is 0.878. The Labute approximate surface area is 125 Å². The lowest BCUT2D eigenvalue weighted by Gasteiger charge is -2.15. The highest BCUT2D eigenvalue weighted by Gasteiger charge is 2.14. The Bertz CT molecular complexity index is 581. The molecule has 1 unspecified atom stereocenters. The molecule has 2 rings (SSSR count). The Balaban J connectivity index is 2.08. The predicted octanol–water partition coefficient (Wildman–Crippen LogP) is 4.32. The Morgan fingerprint density at radius 3 is 2.70 bits per heavy atom. The van der Waals surface area contributed by atoms with Gasteiger partial charge in [0, 0.05) is 10.6 Å². The number of hydrogen-bond donors (Lipinski definition) is 1. The molecule has 0 amide bonds. The van der Waals surface area contributed by atoms with Crippen LogP contribution in [0.5, 0.6) is 5.75 Å². The quantitative estimate of drug-likeness (QED) is 0.888. The molecule has 2 nitrogen and oxygen atoms in total. The van der Waals surface area contributed by atoms with Gasteiger partial charge in [0.15, 0.2) is 0 Å². The number of hydrogen-bond acceptors (Lipinski definition) is 2. The van der Waals surface area contributed by atoms with E-state index in [0.717, 1.165) is 12.0 Å². The van der Waals surface area contributed by atoms with E-state index < -0.39 is 6.10 Å². The van der Waals surface area contributed by atoms with Gasteiger partial charge in [-0.3, -0.25) is 0 Å². The minimum absolute atomic E-state index is 0.579. The second-order valence-electron chi connectivity index (χ2n) is 4.93. The normalized spacial score (nSPS) is 12.2. The molecule has 0 fully saturated rings. The lowest BCUT2D eigenvalue weighted by molar-refractivity contribution is 0.163. The summed E-state index contributed by atoms with van der Waals surface area (Å²) < 4.78 is 5.27. The van der Waals surface area contributed by atoms with Gasteiger partial charge in [-0.05, 0) is 43.5 Å². The number of ether oxygens (including phenoxy) is 1. The van der Waals surface area contributed by atoms with Gasteiger partial charge in [-0.25, -0.2) is 0 Å². The molecule has 1 atom stereocenters. The SMILES string of the molecule is COc1ccc(Cl)cc1C(O)CCc1cccc(C)c1. The van der Waals surface area contributed by atoms with Crippen molar-refractivity contribution in [1.82, 2.24) is 0 Å². The maximum absolute atomic E-state index is 10.3. The predicted molar refractivity (Wildman–Crippen MR) is 82.5 cm³/mol. The summed E-state index contributed by atoms with van der Waals surface area (Å²) in [5, 5.41) is 11.0. The van der Waals surface area contributed by atoms with Crippen molar-refractivity contribution < 1.29 is 9.84 Å². The number of aliphatic hydroxyl groups excluding tert-OH is 1. The van der Waals surface area contributed by atoms with Gasteiger partial charge in [-0.1, -0.05) is 41.4 Å². The van der Waals surface area contributed by atoms with Crippen molar-refractivity contribution in [3.8, 4) is 5.75 Å². The van der Waals surface area contributed by atoms with Gasteiger partial charge in [0.05, 0.1) is 13.2 Å². The minimum atomic E-state index is -0.579. The maximum Gasteiger partial charge on any atom is 0.124 e. The Hall–Kier alpha value is -1.51. The number of aryl methyl sites for hydroxylation is 2. The molecule has 106 valence electrons. The number of methoxy groups -OCH3 is 1. The molecule has 0 aromatic heterocycles. The van der Waals surface area contributed by atoms with Crippen LogP contribution in [0.3, 0.4) is 0 Å². The summed E-state index contributed by atoms with van der Waals surface area (Å²) in [6, 6.07) is 13.6. The molecule has 0 aliphatic heterocycles. The number of benzene rings is 2. The highest BCUT2D eigenvalue weighted by molar-refractivity contribution is 6.30. The molecule has 0 aliphatic rings. The van der Waals surface area contributed by atoms with Crippen LogP contribution in [0.4, 0.5) is 0 Å². The average molecular weight is 291 g/mol. The fourth-order valence-corrected chi connectivity index (χ4v) is 2.47. The molecular formula is C17H19ClO2. The van der Waals surface area contributed by atoms with Crippen LogP contribution < -0.4 is 4.74 Å². The van der Waals surface area contributed by atoms with Gasteiger partial charge in [0.25, 0.3) is 0 Å². The fourth-order valence-electron chi connectivity index (χ4n) is 2.29. The molecule has 2 aromatic rings. The third kappa shape index (κ3) is 3.75. The highest BCUT2D eigenvalue weighted by atomic mass is 35.5. The van der Waals surface area contributed by atoms with Crippen molar-refractivity contribution in [2.75, 3.05) is 7.11 Å². The largest absolute Gasteiger partial charge is 0.496 e. The third-order valence-corrected chi connectivity index (χ3v) is 3.57. The van der Waals surface area contributed by atoms with Gasteiger partial charge in [0.1, 0.15) is 5.75 Å². The first-order valence-corrected chi connectivity index (χ1v) is 7.05. The molecule has 1 N–H and O–H groups in total. The van der Waals surface area contributed by atoms with Crippen molar-refractivity contribution in [1.29, 1.82) is 0 Å². The smallest absolute Gasteiger partial charge is 0.124 e. The van der Waals surface area contributed by atoms with Crippen LogP contribution in [0.1, 0.15) is 29.2 Å². The molecule has 0 radical (unpaired) electrons. The van der Waals surface area contributed by atoms with Gasteiger partial charge < -0.3 is 9.84 Å². The van der Waals surface area contributed by atoms with Crippen LogP contribution in [0.25, 0.3) is 0 Å². The number of halogens is 1. The second-order valence-corrected chi connectivity index (χ2v) is 5.37. The molecule has 2 aromatic carbocycles. The van der Waals surface area contributed by atoms with Crippen molar-refractivity contribution in [3.05, 3.63) is 64.2 Å². The zero-order chi connectivity index (χ0) is 14.5. The third-order valence-electron chi connectivity index (χ3n) is 3.34. The lowest BCUT2D eigenvalue weighted by atomic mass is 10.00. The number of aliphatic hydroxyl groups is 1. The van der Waals surface area contributed by atoms with Crippen molar-refractivity contribution >= 4 is 11.6 Å². The molecule has 0 saturated carbocycles. The van der Waals surface area contributed by atoms with Crippen LogP contribution in [-0.2, 0) is 6.42 Å². The molecule has 0 bridgehead atoms. The first-order valence-electron chi connectivity index (χ1n) is 6.67. The standard InChI is InChI=1S/C17H19ClO2/c1-12-4-3-5-13(10-12)6-8-16(19)15-11-14(18)7-9-17(15)20-2/h3-5,7,9-11,16,19H,6,8H2,1-2H3.